The number of methoxy groups -OCH3 is 3. The maximum absolute atomic E-state index is 12.7. The highest BCUT2D eigenvalue weighted by molar-refractivity contribution is 8.00. The largest absolute Gasteiger partial charge is 0.496 e. The fourth-order valence-electron chi connectivity index (χ4n) is 7.03. The minimum atomic E-state index is -0.467. The highest BCUT2D eigenvalue weighted by atomic mass is 32.2. The molecule has 0 N–H and O–H groups in total. The Morgan fingerprint density at radius 1 is 0.830 bits per heavy atom. The van der Waals surface area contributed by atoms with E-state index in [0.29, 0.717) is 12.4 Å². The van der Waals surface area contributed by atoms with E-state index in [1.54, 1.807) is 33.1 Å². The van der Waals surface area contributed by atoms with Crippen molar-refractivity contribution in [1.29, 1.82) is 0 Å². The zero-order valence-electron chi connectivity index (χ0n) is 28.9. The zero-order chi connectivity index (χ0) is 33.4. The van der Waals surface area contributed by atoms with Crippen LogP contribution in [0.3, 0.4) is 0 Å². The Balaban J connectivity index is 1.12. The maximum Gasteiger partial charge on any atom is 0.164 e. The normalized spacial score (nSPS) is 20.1. The van der Waals surface area contributed by atoms with Gasteiger partial charge in [0.15, 0.2) is 11.5 Å². The molecule has 9 heteroatoms. The molecule has 1 saturated heterocycles. The van der Waals surface area contributed by atoms with E-state index in [9.17, 15) is 4.79 Å². The molecule has 2 heterocycles. The van der Waals surface area contributed by atoms with Gasteiger partial charge in [0.1, 0.15) is 23.8 Å². The van der Waals surface area contributed by atoms with Crippen LogP contribution in [-0.4, -0.2) is 96.4 Å². The van der Waals surface area contributed by atoms with E-state index in [0.717, 1.165) is 98.9 Å². The molecule has 2 unspecified atom stereocenters. The summed E-state index contributed by atoms with van der Waals surface area (Å²) in [6, 6.07) is 20.3. The fraction of sp³-hybridized carbons (Fsp3) is 0.500. The lowest BCUT2D eigenvalue weighted by Crippen LogP contribution is -2.54. The highest BCUT2D eigenvalue weighted by Crippen LogP contribution is 2.58. The first-order chi connectivity index (χ1) is 22.9. The van der Waals surface area contributed by atoms with Gasteiger partial charge in [-0.1, -0.05) is 44.2 Å². The molecule has 0 spiro atoms. The number of unbranched alkanes of at least 4 members (excludes halogenated alkanes) is 1. The zero-order valence-corrected chi connectivity index (χ0v) is 29.7. The summed E-state index contributed by atoms with van der Waals surface area (Å²) in [5.74, 6) is 3.33. The standard InChI is InChI=1S/C38H51N3O5S/c1-28(2)38(37(27-42)39(3)31-14-8-10-16-36(31)47-38)30-13-7-9-15-32(30)46-24-12-11-18-40-20-22-41(23-21-40)19-17-29-25-34(44-5)35(45-6)26-33(29)43-4/h7-10,13-16,25-28,37H,11-12,17-24H2,1-6H3. The van der Waals surface area contributed by atoms with Gasteiger partial charge in [-0.2, -0.15) is 0 Å². The van der Waals surface area contributed by atoms with Crippen molar-refractivity contribution in [1.82, 2.24) is 9.80 Å². The molecular weight excluding hydrogens is 611 g/mol. The summed E-state index contributed by atoms with van der Waals surface area (Å²) >= 11 is 1.81. The van der Waals surface area contributed by atoms with Gasteiger partial charge < -0.3 is 38.4 Å². The Morgan fingerprint density at radius 2 is 1.47 bits per heavy atom. The number of hydrogen-bond donors (Lipinski definition) is 0. The monoisotopic (exact) mass is 661 g/mol. The van der Waals surface area contributed by atoms with Gasteiger partial charge in [0.25, 0.3) is 0 Å². The molecule has 3 aromatic carbocycles. The van der Waals surface area contributed by atoms with E-state index in [1.807, 2.05) is 31.3 Å². The Hall–Kier alpha value is -3.40. The third-order valence-corrected chi connectivity index (χ3v) is 11.6. The number of nitrogens with zero attached hydrogens (tertiary/aromatic N) is 3. The van der Waals surface area contributed by atoms with Crippen molar-refractivity contribution >= 4 is 23.7 Å². The molecule has 2 atom stereocenters. The first-order valence-electron chi connectivity index (χ1n) is 16.8. The molecule has 2 aliphatic rings. The molecule has 0 radical (unpaired) electrons. The van der Waals surface area contributed by atoms with Gasteiger partial charge in [-0.15, -0.1) is 11.8 Å². The number of piperazine rings is 1. The number of aldehydes is 1. The quantitative estimate of drug-likeness (QED) is 0.136. The number of benzene rings is 3. The highest BCUT2D eigenvalue weighted by Gasteiger charge is 2.51. The summed E-state index contributed by atoms with van der Waals surface area (Å²) in [4.78, 5) is 21.1. The fourth-order valence-corrected chi connectivity index (χ4v) is 8.71. The molecule has 0 saturated carbocycles. The first-order valence-corrected chi connectivity index (χ1v) is 17.6. The van der Waals surface area contributed by atoms with Crippen molar-refractivity contribution in [2.75, 3.05) is 79.2 Å². The van der Waals surface area contributed by atoms with Crippen molar-refractivity contribution in [2.45, 2.75) is 48.8 Å². The average molecular weight is 662 g/mol. The number of carbonyl (C=O) groups excluding carboxylic acids is 1. The molecule has 0 amide bonds. The van der Waals surface area contributed by atoms with Gasteiger partial charge in [-0.25, -0.2) is 0 Å². The van der Waals surface area contributed by atoms with Crippen molar-refractivity contribution in [3.63, 3.8) is 0 Å². The number of carbonyl (C=O) groups is 1. The van der Waals surface area contributed by atoms with Crippen LogP contribution in [0.1, 0.15) is 37.8 Å². The molecule has 8 nitrogen and oxygen atoms in total. The molecule has 0 aromatic heterocycles. The van der Waals surface area contributed by atoms with Crippen LogP contribution in [0.4, 0.5) is 5.69 Å². The van der Waals surface area contributed by atoms with Crippen LogP contribution in [0.5, 0.6) is 23.0 Å². The van der Waals surface area contributed by atoms with Gasteiger partial charge in [-0.3, -0.25) is 0 Å². The van der Waals surface area contributed by atoms with E-state index >= 15 is 0 Å². The number of hydrogen-bond acceptors (Lipinski definition) is 9. The number of para-hydroxylation sites is 2. The van der Waals surface area contributed by atoms with Crippen LogP contribution < -0.4 is 23.8 Å². The number of fused-ring (bicyclic) bond motifs is 1. The molecule has 1 fully saturated rings. The second-order valence-electron chi connectivity index (χ2n) is 12.7. The summed E-state index contributed by atoms with van der Waals surface area (Å²) in [6.07, 6.45) is 4.08. The van der Waals surface area contributed by atoms with Gasteiger partial charge in [-0.05, 0) is 61.6 Å². The number of thioether (sulfide) groups is 1. The second kappa shape index (κ2) is 16.1. The lowest BCUT2D eigenvalue weighted by atomic mass is 9.80. The molecule has 5 rings (SSSR count). The molecule has 254 valence electrons. The minimum Gasteiger partial charge on any atom is -0.496 e. The lowest BCUT2D eigenvalue weighted by molar-refractivity contribution is -0.110. The van der Waals surface area contributed by atoms with E-state index < -0.39 is 4.75 Å². The van der Waals surface area contributed by atoms with Crippen molar-refractivity contribution < 1.29 is 23.7 Å². The molecule has 0 aliphatic carbocycles. The average Bonchev–Trinajstić information content (AvgIpc) is 3.10. The Labute approximate surface area is 285 Å². The topological polar surface area (TPSA) is 63.7 Å². The van der Waals surface area contributed by atoms with E-state index in [1.165, 1.54) is 4.90 Å². The van der Waals surface area contributed by atoms with Crippen molar-refractivity contribution in [3.05, 3.63) is 71.8 Å². The smallest absolute Gasteiger partial charge is 0.164 e. The van der Waals surface area contributed by atoms with Gasteiger partial charge in [0.05, 0.1) is 38.4 Å². The Kier molecular flexibility index (Phi) is 12.0. The van der Waals surface area contributed by atoms with E-state index in [-0.39, 0.29) is 12.0 Å². The van der Waals surface area contributed by atoms with Crippen LogP contribution in [0, 0.1) is 5.92 Å². The summed E-state index contributed by atoms with van der Waals surface area (Å²) < 4.78 is 22.6. The van der Waals surface area contributed by atoms with Crippen LogP contribution in [0.15, 0.2) is 65.6 Å². The van der Waals surface area contributed by atoms with Gasteiger partial charge in [0, 0.05) is 56.3 Å². The minimum absolute atomic E-state index is 0.197. The maximum atomic E-state index is 12.7. The predicted molar refractivity (Wildman–Crippen MR) is 191 cm³/mol. The summed E-state index contributed by atoms with van der Waals surface area (Å²) in [6.45, 7) is 11.4. The van der Waals surface area contributed by atoms with Crippen LogP contribution >= 0.6 is 11.8 Å². The van der Waals surface area contributed by atoms with Crippen molar-refractivity contribution in [3.8, 4) is 23.0 Å². The predicted octanol–water partition coefficient (Wildman–Crippen LogP) is 6.39. The first kappa shape index (κ1) is 34.9. The molecule has 0 bridgehead atoms. The Morgan fingerprint density at radius 3 is 2.15 bits per heavy atom. The lowest BCUT2D eigenvalue weighted by Gasteiger charge is -2.50. The van der Waals surface area contributed by atoms with Crippen molar-refractivity contribution in [2.24, 2.45) is 5.92 Å². The number of likely N-dealkylation sites (N-methyl/N-ethyl adjacent to an activating group) is 1. The van der Waals surface area contributed by atoms with E-state index in [2.05, 4.69) is 64.9 Å². The van der Waals surface area contributed by atoms with Gasteiger partial charge in [0.2, 0.25) is 0 Å². The number of rotatable bonds is 15. The summed E-state index contributed by atoms with van der Waals surface area (Å²) in [5.41, 5.74) is 3.33. The summed E-state index contributed by atoms with van der Waals surface area (Å²) in [5, 5.41) is 0. The Bertz CT molecular complexity index is 1480. The number of anilines is 1. The third kappa shape index (κ3) is 7.53. The second-order valence-corrected chi connectivity index (χ2v) is 14.0. The molecule has 47 heavy (non-hydrogen) atoms. The van der Waals surface area contributed by atoms with Crippen LogP contribution in [0.2, 0.25) is 0 Å². The summed E-state index contributed by atoms with van der Waals surface area (Å²) in [7, 11) is 7.05. The van der Waals surface area contributed by atoms with Gasteiger partial charge >= 0.3 is 0 Å². The van der Waals surface area contributed by atoms with E-state index in [4.69, 9.17) is 18.9 Å². The molecular formula is C38H51N3O5S. The number of ether oxygens (including phenoxy) is 4. The van der Waals surface area contributed by atoms with Crippen LogP contribution in [-0.2, 0) is 16.0 Å². The van der Waals surface area contributed by atoms with Crippen LogP contribution in [0.25, 0.3) is 0 Å². The third-order valence-electron chi connectivity index (χ3n) is 9.75. The molecule has 3 aromatic rings. The molecule has 2 aliphatic heterocycles. The SMILES string of the molecule is COc1cc(OC)c(OC)cc1CCN1CCN(CCCCOc2ccccc2C2(C(C)C)Sc3ccccc3N(C)C2C=O)CC1.